The Bertz CT molecular complexity index is 2890. The first-order chi connectivity index (χ1) is 28.4. The number of rotatable bonds is 7. The number of hydrogen-bond donors (Lipinski definition) is 0. The second-order valence-electron chi connectivity index (χ2n) is 15.6. The fourth-order valence-electron chi connectivity index (χ4n) is 8.32. The summed E-state index contributed by atoms with van der Waals surface area (Å²) in [5, 5.41) is 0. The Labute approximate surface area is 339 Å². The average molecular weight is 745 g/mol. The molecule has 9 aromatic rings. The van der Waals surface area contributed by atoms with E-state index in [0.717, 1.165) is 67.0 Å². The number of hydrogen-bond acceptors (Lipinski definition) is 4. The summed E-state index contributed by atoms with van der Waals surface area (Å²) in [7, 11) is 0. The largest absolute Gasteiger partial charge is 0.253 e. The number of pyridine rings is 1. The molecule has 2 heterocycles. The van der Waals surface area contributed by atoms with Crippen molar-refractivity contribution < 1.29 is 0 Å². The summed E-state index contributed by atoms with van der Waals surface area (Å²) in [4.78, 5) is 20.0. The Morgan fingerprint density at radius 1 is 0.310 bits per heavy atom. The Balaban J connectivity index is 1.10. The molecule has 276 valence electrons. The molecule has 0 amide bonds. The van der Waals surface area contributed by atoms with Crippen LogP contribution in [0.15, 0.2) is 188 Å². The van der Waals surface area contributed by atoms with E-state index in [1.165, 1.54) is 22.3 Å². The van der Waals surface area contributed by atoms with E-state index in [4.69, 9.17) is 19.9 Å². The third-order valence-electron chi connectivity index (χ3n) is 11.4. The van der Waals surface area contributed by atoms with Crippen molar-refractivity contribution in [1.82, 2.24) is 19.9 Å². The van der Waals surface area contributed by atoms with E-state index in [1.807, 2.05) is 73.7 Å². The smallest absolute Gasteiger partial charge is 0.164 e. The number of benzene rings is 7. The van der Waals surface area contributed by atoms with Gasteiger partial charge in [-0.05, 0) is 99.0 Å². The molecule has 0 unspecified atom stereocenters. The van der Waals surface area contributed by atoms with E-state index < -0.39 is 0 Å². The second kappa shape index (κ2) is 14.3. The van der Waals surface area contributed by atoms with Gasteiger partial charge in [-0.15, -0.1) is 0 Å². The van der Waals surface area contributed by atoms with Gasteiger partial charge in [-0.25, -0.2) is 15.0 Å². The normalized spacial score (nSPS) is 12.5. The van der Waals surface area contributed by atoms with Crippen LogP contribution in [0.5, 0.6) is 0 Å². The molecule has 1 aliphatic carbocycles. The summed E-state index contributed by atoms with van der Waals surface area (Å²) in [5.41, 5.74) is 17.9. The lowest BCUT2D eigenvalue weighted by molar-refractivity contribution is 0.660. The minimum absolute atomic E-state index is 0.0659. The van der Waals surface area contributed by atoms with E-state index in [1.54, 1.807) is 0 Å². The van der Waals surface area contributed by atoms with E-state index >= 15 is 0 Å². The molecule has 2 aromatic heterocycles. The van der Waals surface area contributed by atoms with Gasteiger partial charge >= 0.3 is 0 Å². The first-order valence-electron chi connectivity index (χ1n) is 19.8. The van der Waals surface area contributed by atoms with E-state index in [0.29, 0.717) is 17.5 Å². The Kier molecular flexibility index (Phi) is 8.68. The zero-order valence-corrected chi connectivity index (χ0v) is 32.7. The van der Waals surface area contributed by atoms with Crippen LogP contribution in [0, 0.1) is 6.92 Å². The third kappa shape index (κ3) is 6.49. The van der Waals surface area contributed by atoms with Gasteiger partial charge in [0.05, 0.1) is 5.69 Å². The molecule has 7 aromatic carbocycles. The van der Waals surface area contributed by atoms with Crippen LogP contribution in [0.25, 0.3) is 89.9 Å². The maximum absolute atomic E-state index is 5.14. The number of aromatic nitrogens is 4. The summed E-state index contributed by atoms with van der Waals surface area (Å²) in [6, 6.07) is 66.5. The molecule has 0 spiro atoms. The van der Waals surface area contributed by atoms with Gasteiger partial charge in [-0.3, -0.25) is 4.98 Å². The Morgan fingerprint density at radius 2 is 0.776 bits per heavy atom. The van der Waals surface area contributed by atoms with Crippen LogP contribution >= 0.6 is 0 Å². The lowest BCUT2D eigenvalue weighted by atomic mass is 9.82. The van der Waals surface area contributed by atoms with Crippen LogP contribution in [0.4, 0.5) is 0 Å². The van der Waals surface area contributed by atoms with Crippen molar-refractivity contribution in [3.63, 3.8) is 0 Å². The second-order valence-corrected chi connectivity index (χ2v) is 15.6. The van der Waals surface area contributed by atoms with Gasteiger partial charge in [-0.1, -0.05) is 166 Å². The number of aryl methyl sites for hydroxylation is 1. The number of nitrogens with zero attached hydrogens (tertiary/aromatic N) is 4. The topological polar surface area (TPSA) is 51.6 Å². The van der Waals surface area contributed by atoms with Crippen molar-refractivity contribution in [2.24, 2.45) is 0 Å². The van der Waals surface area contributed by atoms with Crippen LogP contribution in [0.3, 0.4) is 0 Å². The van der Waals surface area contributed by atoms with Crippen LogP contribution < -0.4 is 0 Å². The molecule has 1 aliphatic rings. The van der Waals surface area contributed by atoms with Gasteiger partial charge in [0.25, 0.3) is 0 Å². The number of fused-ring (bicyclic) bond motifs is 3. The van der Waals surface area contributed by atoms with Gasteiger partial charge in [0.1, 0.15) is 0 Å². The maximum Gasteiger partial charge on any atom is 0.164 e. The SMILES string of the molecule is Cc1cccc(-c2ccc(-c3ccc(-c4cc(-c5ccc6c(c5)-c5ccccc5C6(C)C)cc(-c5nc(-c6ccccc6)nc(-c6ccccc6)n5)c4)cc3)cc2)n1. The van der Waals surface area contributed by atoms with Crippen molar-refractivity contribution in [3.05, 3.63) is 205 Å². The van der Waals surface area contributed by atoms with Gasteiger partial charge in [0.15, 0.2) is 17.5 Å². The summed E-state index contributed by atoms with van der Waals surface area (Å²) in [6.45, 7) is 6.67. The fourth-order valence-corrected chi connectivity index (χ4v) is 8.32. The van der Waals surface area contributed by atoms with Crippen LogP contribution in [-0.2, 0) is 5.41 Å². The summed E-state index contributed by atoms with van der Waals surface area (Å²) >= 11 is 0. The van der Waals surface area contributed by atoms with E-state index in [2.05, 4.69) is 135 Å². The van der Waals surface area contributed by atoms with Crippen molar-refractivity contribution >= 4 is 0 Å². The maximum atomic E-state index is 5.14. The molecule has 4 nitrogen and oxygen atoms in total. The minimum atomic E-state index is -0.0659. The van der Waals surface area contributed by atoms with Crippen LogP contribution in [0.2, 0.25) is 0 Å². The molecule has 0 saturated heterocycles. The molecular formula is C54H40N4. The highest BCUT2D eigenvalue weighted by Crippen LogP contribution is 2.49. The molecule has 10 rings (SSSR count). The first kappa shape index (κ1) is 35.1. The Morgan fingerprint density at radius 3 is 1.38 bits per heavy atom. The first-order valence-corrected chi connectivity index (χ1v) is 19.8. The highest BCUT2D eigenvalue weighted by atomic mass is 15.0. The van der Waals surface area contributed by atoms with E-state index in [-0.39, 0.29) is 5.41 Å². The van der Waals surface area contributed by atoms with E-state index in [9.17, 15) is 0 Å². The lowest BCUT2D eigenvalue weighted by Gasteiger charge is -2.21. The predicted octanol–water partition coefficient (Wildman–Crippen LogP) is 13.6. The Hall–Kier alpha value is -7.30. The minimum Gasteiger partial charge on any atom is -0.253 e. The predicted molar refractivity (Wildman–Crippen MR) is 238 cm³/mol. The molecule has 0 N–H and O–H groups in total. The van der Waals surface area contributed by atoms with Crippen molar-refractivity contribution in [1.29, 1.82) is 0 Å². The van der Waals surface area contributed by atoms with Crippen molar-refractivity contribution in [2.75, 3.05) is 0 Å². The molecule has 0 radical (unpaired) electrons. The summed E-state index contributed by atoms with van der Waals surface area (Å²) in [6.07, 6.45) is 0. The van der Waals surface area contributed by atoms with Gasteiger partial charge in [0.2, 0.25) is 0 Å². The lowest BCUT2D eigenvalue weighted by Crippen LogP contribution is -2.14. The molecule has 0 bridgehead atoms. The average Bonchev–Trinajstić information content (AvgIpc) is 3.52. The third-order valence-corrected chi connectivity index (χ3v) is 11.4. The van der Waals surface area contributed by atoms with Crippen molar-refractivity contribution in [2.45, 2.75) is 26.2 Å². The van der Waals surface area contributed by atoms with Gasteiger partial charge in [-0.2, -0.15) is 0 Å². The zero-order valence-electron chi connectivity index (χ0n) is 32.7. The monoisotopic (exact) mass is 744 g/mol. The molecule has 4 heteroatoms. The molecule has 0 aliphatic heterocycles. The highest BCUT2D eigenvalue weighted by molar-refractivity contribution is 5.87. The molecule has 0 atom stereocenters. The molecule has 0 saturated carbocycles. The highest BCUT2D eigenvalue weighted by Gasteiger charge is 2.35. The van der Waals surface area contributed by atoms with Gasteiger partial charge < -0.3 is 0 Å². The summed E-state index contributed by atoms with van der Waals surface area (Å²) in [5.74, 6) is 1.91. The quantitative estimate of drug-likeness (QED) is 0.163. The van der Waals surface area contributed by atoms with Crippen LogP contribution in [0.1, 0.15) is 30.7 Å². The van der Waals surface area contributed by atoms with Crippen LogP contribution in [-0.4, -0.2) is 19.9 Å². The fraction of sp³-hybridized carbons (Fsp3) is 0.0741. The van der Waals surface area contributed by atoms with Crippen molar-refractivity contribution in [3.8, 4) is 89.9 Å². The van der Waals surface area contributed by atoms with Gasteiger partial charge in [0, 0.05) is 33.4 Å². The standard InChI is InChI=1S/C54H40N4/c1-35-13-12-20-50(55-35)39-27-25-37(26-28-39)36-21-23-38(24-22-36)43-31-44(42-29-30-49-47(34-42)46-18-10-11-19-48(46)54(49,2)3)33-45(32-43)53-57-51(40-14-6-4-7-15-40)56-52(58-53)41-16-8-5-9-17-41/h4-34H,1-3H3. The molecular weight excluding hydrogens is 705 g/mol. The molecule has 58 heavy (non-hydrogen) atoms. The summed E-state index contributed by atoms with van der Waals surface area (Å²) < 4.78 is 0. The zero-order chi connectivity index (χ0) is 39.2. The molecule has 0 fully saturated rings.